The Morgan fingerprint density at radius 2 is 2.15 bits per heavy atom. The SMILES string of the molecule is CC1(C)NC(=O)N(Cc2nc(N)c3ccsc3n2)C1=O. The van der Waals surface area contributed by atoms with Crippen molar-refractivity contribution in [2.75, 3.05) is 5.73 Å². The number of hydrogen-bond donors (Lipinski definition) is 2. The highest BCUT2D eigenvalue weighted by Gasteiger charge is 2.44. The molecule has 3 heterocycles. The van der Waals surface area contributed by atoms with Gasteiger partial charge in [-0.25, -0.2) is 14.8 Å². The summed E-state index contributed by atoms with van der Waals surface area (Å²) in [6.45, 7) is 3.34. The zero-order chi connectivity index (χ0) is 14.5. The summed E-state index contributed by atoms with van der Waals surface area (Å²) in [4.78, 5) is 34.2. The van der Waals surface area contributed by atoms with Crippen molar-refractivity contribution in [3.05, 3.63) is 17.3 Å². The Bertz CT molecular complexity index is 724. The van der Waals surface area contributed by atoms with Gasteiger partial charge in [0.05, 0.1) is 11.9 Å². The number of fused-ring (bicyclic) bond motifs is 1. The van der Waals surface area contributed by atoms with E-state index in [0.717, 1.165) is 15.1 Å². The van der Waals surface area contributed by atoms with Crippen molar-refractivity contribution in [1.82, 2.24) is 20.2 Å². The average molecular weight is 291 g/mol. The van der Waals surface area contributed by atoms with Gasteiger partial charge in [-0.1, -0.05) is 0 Å². The summed E-state index contributed by atoms with van der Waals surface area (Å²) in [6, 6.07) is 1.41. The minimum absolute atomic E-state index is 0.0200. The van der Waals surface area contributed by atoms with E-state index in [9.17, 15) is 9.59 Å². The molecule has 3 rings (SSSR count). The van der Waals surface area contributed by atoms with Crippen LogP contribution in [0.4, 0.5) is 10.6 Å². The monoisotopic (exact) mass is 291 g/mol. The maximum absolute atomic E-state index is 12.1. The molecule has 1 saturated heterocycles. The van der Waals surface area contributed by atoms with Crippen LogP contribution in [0.15, 0.2) is 11.4 Å². The molecule has 3 amide bonds. The number of nitrogens with two attached hydrogens (primary N) is 1. The third-order valence-corrected chi connectivity index (χ3v) is 3.95. The van der Waals surface area contributed by atoms with Crippen molar-refractivity contribution in [2.45, 2.75) is 25.9 Å². The summed E-state index contributed by atoms with van der Waals surface area (Å²) in [7, 11) is 0. The molecule has 0 atom stereocenters. The second-order valence-corrected chi connectivity index (χ2v) is 6.01. The number of anilines is 1. The van der Waals surface area contributed by atoms with Gasteiger partial charge in [0.25, 0.3) is 5.91 Å². The maximum Gasteiger partial charge on any atom is 0.325 e. The largest absolute Gasteiger partial charge is 0.383 e. The number of nitrogen functional groups attached to an aromatic ring is 1. The number of imide groups is 1. The van der Waals surface area contributed by atoms with E-state index in [0.29, 0.717) is 11.6 Å². The van der Waals surface area contributed by atoms with Crippen molar-refractivity contribution >= 4 is 39.3 Å². The molecule has 3 N–H and O–H groups in total. The molecule has 2 aromatic rings. The van der Waals surface area contributed by atoms with Crippen LogP contribution in [-0.2, 0) is 11.3 Å². The molecule has 0 spiro atoms. The number of amides is 3. The fraction of sp³-hybridized carbons (Fsp3) is 0.333. The highest BCUT2D eigenvalue weighted by atomic mass is 32.1. The van der Waals surface area contributed by atoms with Crippen LogP contribution in [0.1, 0.15) is 19.7 Å². The van der Waals surface area contributed by atoms with Crippen LogP contribution in [0.5, 0.6) is 0 Å². The normalized spacial score (nSPS) is 17.8. The van der Waals surface area contributed by atoms with E-state index in [4.69, 9.17) is 5.73 Å². The van der Waals surface area contributed by atoms with Gasteiger partial charge in [0.2, 0.25) is 0 Å². The summed E-state index contributed by atoms with van der Waals surface area (Å²) in [6.07, 6.45) is 0. The Kier molecular flexibility index (Phi) is 2.65. The zero-order valence-corrected chi connectivity index (χ0v) is 11.8. The molecule has 20 heavy (non-hydrogen) atoms. The minimum Gasteiger partial charge on any atom is -0.383 e. The number of nitrogens with one attached hydrogen (secondary N) is 1. The molecule has 0 saturated carbocycles. The Labute approximate surface area is 118 Å². The van der Waals surface area contributed by atoms with Crippen LogP contribution in [0.2, 0.25) is 0 Å². The van der Waals surface area contributed by atoms with E-state index in [1.807, 2.05) is 11.4 Å². The topological polar surface area (TPSA) is 101 Å². The lowest BCUT2D eigenvalue weighted by Crippen LogP contribution is -2.40. The molecule has 2 aromatic heterocycles. The predicted molar refractivity (Wildman–Crippen MR) is 75.0 cm³/mol. The van der Waals surface area contributed by atoms with Gasteiger partial charge in [0, 0.05) is 0 Å². The van der Waals surface area contributed by atoms with Crippen molar-refractivity contribution in [1.29, 1.82) is 0 Å². The maximum atomic E-state index is 12.1. The van der Waals surface area contributed by atoms with Crippen molar-refractivity contribution < 1.29 is 9.59 Å². The quantitative estimate of drug-likeness (QED) is 0.807. The minimum atomic E-state index is -0.893. The molecule has 0 unspecified atom stereocenters. The molecule has 104 valence electrons. The Hall–Kier alpha value is -2.22. The molecule has 1 aliphatic heterocycles. The van der Waals surface area contributed by atoms with E-state index >= 15 is 0 Å². The van der Waals surface area contributed by atoms with Crippen LogP contribution < -0.4 is 11.1 Å². The van der Waals surface area contributed by atoms with Crippen molar-refractivity contribution in [2.24, 2.45) is 0 Å². The molecule has 8 heteroatoms. The lowest BCUT2D eigenvalue weighted by molar-refractivity contribution is -0.130. The Morgan fingerprint density at radius 1 is 1.40 bits per heavy atom. The highest BCUT2D eigenvalue weighted by Crippen LogP contribution is 2.24. The summed E-state index contributed by atoms with van der Waals surface area (Å²) in [5, 5.41) is 5.27. The molecular weight excluding hydrogens is 278 g/mol. The third-order valence-electron chi connectivity index (χ3n) is 3.14. The van der Waals surface area contributed by atoms with Gasteiger partial charge >= 0.3 is 6.03 Å². The van der Waals surface area contributed by atoms with Crippen LogP contribution in [-0.4, -0.2) is 32.3 Å². The van der Waals surface area contributed by atoms with E-state index in [-0.39, 0.29) is 12.5 Å². The smallest absolute Gasteiger partial charge is 0.325 e. The number of carbonyl (C=O) groups excluding carboxylic acids is 2. The van der Waals surface area contributed by atoms with Crippen molar-refractivity contribution in [3.63, 3.8) is 0 Å². The van der Waals surface area contributed by atoms with Crippen LogP contribution in [0.3, 0.4) is 0 Å². The second kappa shape index (κ2) is 4.14. The fourth-order valence-electron chi connectivity index (χ4n) is 2.10. The molecule has 0 radical (unpaired) electrons. The molecule has 0 aliphatic carbocycles. The summed E-state index contributed by atoms with van der Waals surface area (Å²) < 4.78 is 0. The van der Waals surface area contributed by atoms with E-state index < -0.39 is 11.6 Å². The summed E-state index contributed by atoms with van der Waals surface area (Å²) in [5.74, 6) is 0.423. The van der Waals surface area contributed by atoms with Gasteiger partial charge in [-0.3, -0.25) is 9.69 Å². The number of nitrogens with zero attached hydrogens (tertiary/aromatic N) is 3. The average Bonchev–Trinajstić information content (AvgIpc) is 2.89. The number of carbonyl (C=O) groups is 2. The number of hydrogen-bond acceptors (Lipinski definition) is 6. The predicted octanol–water partition coefficient (Wildman–Crippen LogP) is 1.10. The Balaban J connectivity index is 1.93. The lowest BCUT2D eigenvalue weighted by Gasteiger charge is -2.15. The third kappa shape index (κ3) is 1.88. The van der Waals surface area contributed by atoms with Gasteiger partial charge in [0.1, 0.15) is 16.2 Å². The fourth-order valence-corrected chi connectivity index (χ4v) is 2.89. The van der Waals surface area contributed by atoms with Crippen LogP contribution in [0, 0.1) is 0 Å². The lowest BCUT2D eigenvalue weighted by atomic mass is 10.1. The first kappa shape index (κ1) is 12.8. The number of urea groups is 1. The first-order chi connectivity index (χ1) is 9.38. The van der Waals surface area contributed by atoms with Crippen LogP contribution >= 0.6 is 11.3 Å². The van der Waals surface area contributed by atoms with E-state index in [1.54, 1.807) is 13.8 Å². The molecule has 0 bridgehead atoms. The highest BCUT2D eigenvalue weighted by molar-refractivity contribution is 7.16. The van der Waals surface area contributed by atoms with Crippen LogP contribution in [0.25, 0.3) is 10.2 Å². The van der Waals surface area contributed by atoms with Gasteiger partial charge in [-0.15, -0.1) is 11.3 Å². The second-order valence-electron chi connectivity index (χ2n) is 5.11. The first-order valence-corrected chi connectivity index (χ1v) is 6.90. The number of thiophene rings is 1. The van der Waals surface area contributed by atoms with E-state index in [1.165, 1.54) is 11.3 Å². The molecular formula is C12H13N5O2S. The van der Waals surface area contributed by atoms with E-state index in [2.05, 4.69) is 15.3 Å². The standard InChI is InChI=1S/C12H13N5O2S/c1-12(2)10(18)17(11(19)16-12)5-7-14-8(13)6-3-4-20-9(6)15-7/h3-4H,5H2,1-2H3,(H,16,19)(H2,13,14,15). The summed E-state index contributed by atoms with van der Waals surface area (Å²) in [5.41, 5.74) is 4.96. The van der Waals surface area contributed by atoms with Crippen molar-refractivity contribution in [3.8, 4) is 0 Å². The first-order valence-electron chi connectivity index (χ1n) is 6.02. The molecule has 0 aromatic carbocycles. The number of aromatic nitrogens is 2. The van der Waals surface area contributed by atoms with Gasteiger partial charge in [-0.2, -0.15) is 0 Å². The Morgan fingerprint density at radius 3 is 2.80 bits per heavy atom. The van der Waals surface area contributed by atoms with Gasteiger partial charge in [-0.05, 0) is 25.3 Å². The molecule has 7 nitrogen and oxygen atoms in total. The zero-order valence-electron chi connectivity index (χ0n) is 11.0. The summed E-state index contributed by atoms with van der Waals surface area (Å²) >= 11 is 1.44. The van der Waals surface area contributed by atoms with Gasteiger partial charge in [0.15, 0.2) is 5.82 Å². The van der Waals surface area contributed by atoms with Gasteiger partial charge < -0.3 is 11.1 Å². The number of rotatable bonds is 2. The molecule has 1 aliphatic rings. The molecule has 1 fully saturated rings.